The fourth-order valence-electron chi connectivity index (χ4n) is 3.42. The van der Waals surface area contributed by atoms with Crippen molar-refractivity contribution in [2.45, 2.75) is 37.2 Å². The molecule has 32 heavy (non-hydrogen) atoms. The van der Waals surface area contributed by atoms with E-state index in [0.717, 1.165) is 5.56 Å². The minimum absolute atomic E-state index is 0.144. The Bertz CT molecular complexity index is 1020. The van der Waals surface area contributed by atoms with Crippen molar-refractivity contribution in [3.8, 4) is 0 Å². The summed E-state index contributed by atoms with van der Waals surface area (Å²) in [5.41, 5.74) is 1.25. The number of ether oxygens (including phenoxy) is 2. The van der Waals surface area contributed by atoms with Crippen LogP contribution >= 0.6 is 0 Å². The zero-order chi connectivity index (χ0) is 23.1. The second-order valence-electron chi connectivity index (χ2n) is 7.48. The van der Waals surface area contributed by atoms with Crippen LogP contribution < -0.4 is 5.32 Å². The molecule has 0 bridgehead atoms. The van der Waals surface area contributed by atoms with Gasteiger partial charge in [-0.1, -0.05) is 37.3 Å². The lowest BCUT2D eigenvalue weighted by Crippen LogP contribution is -2.40. The van der Waals surface area contributed by atoms with Crippen LogP contribution in [-0.2, 0) is 29.1 Å². The summed E-state index contributed by atoms with van der Waals surface area (Å²) in [5.74, 6) is -1.41. The number of hydrogen-bond donors (Lipinski definition) is 1. The molecule has 3 rings (SSSR count). The van der Waals surface area contributed by atoms with E-state index >= 15 is 0 Å². The molecule has 8 nitrogen and oxygen atoms in total. The van der Waals surface area contributed by atoms with E-state index in [4.69, 9.17) is 9.47 Å². The fraction of sp³-hybridized carbons (Fsp3) is 0.391. The number of nitrogens with zero attached hydrogens (tertiary/aromatic N) is 1. The number of sulfonamides is 1. The van der Waals surface area contributed by atoms with E-state index in [1.54, 1.807) is 0 Å². The SMILES string of the molecule is CCC(C(=O)OC(C)C(=O)Nc1ccc(S(=O)(=O)N2CCOCC2)cc1)c1ccccc1. The van der Waals surface area contributed by atoms with E-state index in [2.05, 4.69) is 5.32 Å². The molecule has 1 saturated heterocycles. The Morgan fingerprint density at radius 2 is 1.69 bits per heavy atom. The first-order chi connectivity index (χ1) is 15.3. The van der Waals surface area contributed by atoms with Crippen molar-refractivity contribution in [2.24, 2.45) is 0 Å². The molecule has 2 aromatic rings. The topological polar surface area (TPSA) is 102 Å². The average Bonchev–Trinajstić information content (AvgIpc) is 2.81. The van der Waals surface area contributed by atoms with E-state index in [9.17, 15) is 18.0 Å². The highest BCUT2D eigenvalue weighted by molar-refractivity contribution is 7.89. The second-order valence-corrected chi connectivity index (χ2v) is 9.42. The zero-order valence-corrected chi connectivity index (χ0v) is 19.0. The molecule has 0 spiro atoms. The Morgan fingerprint density at radius 1 is 1.06 bits per heavy atom. The lowest BCUT2D eigenvalue weighted by atomic mass is 9.97. The third-order valence-corrected chi connectivity index (χ3v) is 7.20. The first kappa shape index (κ1) is 23.9. The molecule has 2 aromatic carbocycles. The quantitative estimate of drug-likeness (QED) is 0.608. The van der Waals surface area contributed by atoms with Crippen molar-refractivity contribution in [3.63, 3.8) is 0 Å². The molecule has 1 aliphatic heterocycles. The summed E-state index contributed by atoms with van der Waals surface area (Å²) in [4.78, 5) is 25.2. The Hall–Kier alpha value is -2.75. The smallest absolute Gasteiger partial charge is 0.314 e. The van der Waals surface area contributed by atoms with Gasteiger partial charge in [0.25, 0.3) is 5.91 Å². The highest BCUT2D eigenvalue weighted by atomic mass is 32.2. The summed E-state index contributed by atoms with van der Waals surface area (Å²) in [6, 6.07) is 15.2. The van der Waals surface area contributed by atoms with Gasteiger partial charge in [-0.3, -0.25) is 9.59 Å². The molecular formula is C23H28N2O6S. The van der Waals surface area contributed by atoms with Crippen molar-refractivity contribution in [1.29, 1.82) is 0 Å². The number of anilines is 1. The van der Waals surface area contributed by atoms with Crippen LogP contribution in [0.4, 0.5) is 5.69 Å². The van der Waals surface area contributed by atoms with Gasteiger partial charge in [0.15, 0.2) is 6.10 Å². The second kappa shape index (κ2) is 10.7. The van der Waals surface area contributed by atoms with E-state index in [0.29, 0.717) is 38.4 Å². The molecule has 1 fully saturated rings. The van der Waals surface area contributed by atoms with Gasteiger partial charge in [-0.15, -0.1) is 0 Å². The van der Waals surface area contributed by atoms with E-state index in [-0.39, 0.29) is 4.90 Å². The molecule has 2 unspecified atom stereocenters. The number of nitrogens with one attached hydrogen (secondary N) is 1. The maximum Gasteiger partial charge on any atom is 0.314 e. The van der Waals surface area contributed by atoms with Gasteiger partial charge >= 0.3 is 5.97 Å². The largest absolute Gasteiger partial charge is 0.452 e. The minimum Gasteiger partial charge on any atom is -0.452 e. The summed E-state index contributed by atoms with van der Waals surface area (Å²) >= 11 is 0. The number of benzene rings is 2. The number of esters is 1. The summed E-state index contributed by atoms with van der Waals surface area (Å²) in [6.07, 6.45) is -0.451. The molecule has 1 N–H and O–H groups in total. The standard InChI is InChI=1S/C23H28N2O6S/c1-3-21(18-7-5-4-6-8-18)23(27)31-17(2)22(26)24-19-9-11-20(12-10-19)32(28,29)25-13-15-30-16-14-25/h4-12,17,21H,3,13-16H2,1-2H3,(H,24,26). The van der Waals surface area contributed by atoms with Crippen molar-refractivity contribution in [2.75, 3.05) is 31.6 Å². The molecule has 0 saturated carbocycles. The fourth-order valence-corrected chi connectivity index (χ4v) is 4.83. The van der Waals surface area contributed by atoms with E-state index < -0.39 is 33.9 Å². The van der Waals surface area contributed by atoms with Crippen molar-refractivity contribution < 1.29 is 27.5 Å². The number of carbonyl (C=O) groups excluding carboxylic acids is 2. The number of hydrogen-bond acceptors (Lipinski definition) is 6. The molecule has 1 amide bonds. The van der Waals surface area contributed by atoms with Gasteiger partial charge in [-0.2, -0.15) is 4.31 Å². The number of rotatable bonds is 8. The maximum atomic E-state index is 12.7. The van der Waals surface area contributed by atoms with E-state index in [1.807, 2.05) is 37.3 Å². The molecular weight excluding hydrogens is 432 g/mol. The van der Waals surface area contributed by atoms with Crippen LogP contribution in [0.1, 0.15) is 31.7 Å². The van der Waals surface area contributed by atoms with Crippen molar-refractivity contribution >= 4 is 27.6 Å². The van der Waals surface area contributed by atoms with Crippen molar-refractivity contribution in [3.05, 3.63) is 60.2 Å². The van der Waals surface area contributed by atoms with Crippen LogP contribution in [0, 0.1) is 0 Å². The molecule has 1 aliphatic rings. The molecule has 172 valence electrons. The predicted octanol–water partition coefficient (Wildman–Crippen LogP) is 2.77. The van der Waals surface area contributed by atoms with E-state index in [1.165, 1.54) is 35.5 Å². The van der Waals surface area contributed by atoms with Crippen LogP contribution in [-0.4, -0.2) is 57.0 Å². The first-order valence-electron chi connectivity index (χ1n) is 10.6. The third-order valence-electron chi connectivity index (χ3n) is 5.29. The van der Waals surface area contributed by atoms with Crippen LogP contribution in [0.25, 0.3) is 0 Å². The third kappa shape index (κ3) is 5.73. The first-order valence-corrected chi connectivity index (χ1v) is 12.0. The number of amides is 1. The maximum absolute atomic E-state index is 12.7. The summed E-state index contributed by atoms with van der Waals surface area (Å²) in [7, 11) is -3.61. The van der Waals surface area contributed by atoms with Crippen LogP contribution in [0.3, 0.4) is 0 Å². The van der Waals surface area contributed by atoms with Crippen LogP contribution in [0.5, 0.6) is 0 Å². The van der Waals surface area contributed by atoms with Gasteiger partial charge in [0.1, 0.15) is 0 Å². The Morgan fingerprint density at radius 3 is 2.28 bits per heavy atom. The van der Waals surface area contributed by atoms with Gasteiger partial charge in [0, 0.05) is 18.8 Å². The summed E-state index contributed by atoms with van der Waals surface area (Å²) < 4.78 is 37.3. The number of morpholine rings is 1. The zero-order valence-electron chi connectivity index (χ0n) is 18.2. The summed E-state index contributed by atoms with van der Waals surface area (Å²) in [6.45, 7) is 4.75. The molecule has 2 atom stereocenters. The van der Waals surface area contributed by atoms with Crippen molar-refractivity contribution in [1.82, 2.24) is 4.31 Å². The molecule has 0 aromatic heterocycles. The van der Waals surface area contributed by atoms with Gasteiger partial charge in [0.05, 0.1) is 24.0 Å². The normalized spacial score (nSPS) is 16.7. The lowest BCUT2D eigenvalue weighted by molar-refractivity contribution is -0.154. The Kier molecular flexibility index (Phi) is 8.00. The highest BCUT2D eigenvalue weighted by Crippen LogP contribution is 2.22. The van der Waals surface area contributed by atoms with Gasteiger partial charge < -0.3 is 14.8 Å². The van der Waals surface area contributed by atoms with Gasteiger partial charge in [0.2, 0.25) is 10.0 Å². The molecule has 0 aliphatic carbocycles. The predicted molar refractivity (Wildman–Crippen MR) is 120 cm³/mol. The Labute approximate surface area is 188 Å². The molecule has 9 heteroatoms. The monoisotopic (exact) mass is 460 g/mol. The van der Waals surface area contributed by atoms with Crippen LogP contribution in [0.2, 0.25) is 0 Å². The lowest BCUT2D eigenvalue weighted by Gasteiger charge is -2.26. The van der Waals surface area contributed by atoms with Crippen LogP contribution in [0.15, 0.2) is 59.5 Å². The minimum atomic E-state index is -3.61. The molecule has 1 heterocycles. The summed E-state index contributed by atoms with van der Waals surface area (Å²) in [5, 5.41) is 2.66. The van der Waals surface area contributed by atoms with Gasteiger partial charge in [-0.25, -0.2) is 8.42 Å². The molecule has 0 radical (unpaired) electrons. The Balaban J connectivity index is 1.59. The number of carbonyl (C=O) groups is 2. The van der Waals surface area contributed by atoms with Gasteiger partial charge in [-0.05, 0) is 43.2 Å². The highest BCUT2D eigenvalue weighted by Gasteiger charge is 2.27. The average molecular weight is 461 g/mol.